The fourth-order valence-electron chi connectivity index (χ4n) is 7.03. The molecule has 4 heterocycles. The van der Waals surface area contributed by atoms with Gasteiger partial charge in [-0.2, -0.15) is 0 Å². The van der Waals surface area contributed by atoms with Crippen molar-refractivity contribution in [3.05, 3.63) is 47.3 Å². The largest absolute Gasteiger partial charge is 0.453 e. The predicted molar refractivity (Wildman–Crippen MR) is 187 cm³/mol. The highest BCUT2D eigenvalue weighted by Gasteiger charge is 2.39. The average molecular weight is 691 g/mol. The Morgan fingerprint density at radius 2 is 1.06 bits per heavy atom. The van der Waals surface area contributed by atoms with Crippen molar-refractivity contribution >= 4 is 24.0 Å². The van der Waals surface area contributed by atoms with E-state index in [-0.39, 0.29) is 35.7 Å². The van der Waals surface area contributed by atoms with E-state index in [1.165, 1.54) is 14.2 Å². The average Bonchev–Trinajstić information content (AvgIpc) is 3.91. The van der Waals surface area contributed by atoms with Gasteiger partial charge in [0.1, 0.15) is 23.7 Å². The Labute approximate surface area is 293 Å². The number of aryl methyl sites for hydroxylation is 2. The van der Waals surface area contributed by atoms with Crippen LogP contribution in [0.2, 0.25) is 0 Å². The van der Waals surface area contributed by atoms with Gasteiger partial charge >= 0.3 is 12.2 Å². The zero-order valence-electron chi connectivity index (χ0n) is 30.3. The maximum atomic E-state index is 13.6. The molecule has 2 saturated heterocycles. The highest BCUT2D eigenvalue weighted by Crippen LogP contribution is 2.36. The summed E-state index contributed by atoms with van der Waals surface area (Å²) in [6, 6.07) is 6.27. The minimum absolute atomic E-state index is 0.114. The highest BCUT2D eigenvalue weighted by molar-refractivity contribution is 5.87. The van der Waals surface area contributed by atoms with Gasteiger partial charge in [-0.25, -0.2) is 19.6 Å². The zero-order valence-corrected chi connectivity index (χ0v) is 30.3. The molecule has 4 N–H and O–H groups in total. The summed E-state index contributed by atoms with van der Waals surface area (Å²) in [5.74, 6) is 0.919. The van der Waals surface area contributed by atoms with Gasteiger partial charge < -0.3 is 39.9 Å². The number of ether oxygens (including phenoxy) is 2. The Morgan fingerprint density at radius 3 is 1.38 bits per heavy atom. The molecule has 0 aliphatic carbocycles. The second kappa shape index (κ2) is 15.3. The fraction of sp³-hybridized carbons (Fsp3) is 0.556. The number of rotatable bonds is 10. The molecule has 4 amide bonds. The van der Waals surface area contributed by atoms with Crippen molar-refractivity contribution in [3.63, 3.8) is 0 Å². The summed E-state index contributed by atoms with van der Waals surface area (Å²) < 4.78 is 9.52. The van der Waals surface area contributed by atoms with E-state index in [9.17, 15) is 19.2 Å². The molecule has 2 aromatic heterocycles. The van der Waals surface area contributed by atoms with Crippen molar-refractivity contribution in [3.8, 4) is 22.5 Å². The summed E-state index contributed by atoms with van der Waals surface area (Å²) in [7, 11) is 2.57. The van der Waals surface area contributed by atoms with Crippen LogP contribution >= 0.6 is 0 Å². The fourth-order valence-corrected chi connectivity index (χ4v) is 7.03. The third-order valence-electron chi connectivity index (χ3n) is 9.75. The third kappa shape index (κ3) is 7.48. The minimum atomic E-state index is -0.699. The van der Waals surface area contributed by atoms with Gasteiger partial charge in [0.15, 0.2) is 0 Å². The Hall–Kier alpha value is -4.88. The quantitative estimate of drug-likeness (QED) is 0.225. The Bertz CT molecular complexity index is 1570. The molecule has 2 aliphatic heterocycles. The molecule has 2 fully saturated rings. The molecule has 270 valence electrons. The standard InChI is InChI=1S/C36H50N8O6/c1-19(2)27(41-35(47)49-7)33(45)43-17-9-11-25(43)31-37-21(5)29(39-31)23-13-15-24(16-14-23)30-22(6)38-32(40-30)26-12-10-18-44(26)34(46)28(20(3)4)42-36(48)50-8/h13-16,19-20,25-28H,9-12,17-18H2,1-8H3,(H,37,39)(H,38,40)(H,41,47)(H,42,48)/t25-,26-,27-,28-/m0/s1. The first-order chi connectivity index (χ1) is 23.8. The van der Waals surface area contributed by atoms with E-state index >= 15 is 0 Å². The number of hydrogen-bond donors (Lipinski definition) is 4. The van der Waals surface area contributed by atoms with Gasteiger partial charge in [0.05, 0.1) is 49.1 Å². The molecular weight excluding hydrogens is 640 g/mol. The molecule has 0 bridgehead atoms. The van der Waals surface area contributed by atoms with Crippen LogP contribution in [0.4, 0.5) is 9.59 Å². The molecule has 5 rings (SSSR count). The molecule has 0 spiro atoms. The van der Waals surface area contributed by atoms with Gasteiger partial charge in [0.25, 0.3) is 0 Å². The molecule has 14 nitrogen and oxygen atoms in total. The number of nitrogens with one attached hydrogen (secondary N) is 4. The number of aromatic nitrogens is 4. The molecule has 1 aromatic carbocycles. The number of carbonyl (C=O) groups is 4. The van der Waals surface area contributed by atoms with Crippen molar-refractivity contribution in [2.75, 3.05) is 27.3 Å². The second-order valence-corrected chi connectivity index (χ2v) is 13.8. The van der Waals surface area contributed by atoms with Gasteiger partial charge in [-0.1, -0.05) is 52.0 Å². The second-order valence-electron chi connectivity index (χ2n) is 13.8. The normalized spacial score (nSPS) is 18.8. The number of aromatic amines is 2. The number of nitrogens with zero attached hydrogens (tertiary/aromatic N) is 4. The van der Waals surface area contributed by atoms with E-state index in [4.69, 9.17) is 19.4 Å². The first-order valence-electron chi connectivity index (χ1n) is 17.4. The predicted octanol–water partition coefficient (Wildman–Crippen LogP) is 5.17. The van der Waals surface area contributed by atoms with Crippen molar-refractivity contribution in [1.29, 1.82) is 0 Å². The summed E-state index contributed by atoms with van der Waals surface area (Å²) in [6.45, 7) is 12.7. The Kier molecular flexibility index (Phi) is 11.2. The Morgan fingerprint density at radius 1 is 0.700 bits per heavy atom. The first kappa shape index (κ1) is 36.4. The van der Waals surface area contributed by atoms with Crippen molar-refractivity contribution in [2.24, 2.45) is 11.8 Å². The topological polar surface area (TPSA) is 175 Å². The summed E-state index contributed by atoms with van der Waals surface area (Å²) >= 11 is 0. The lowest BCUT2D eigenvalue weighted by Gasteiger charge is -2.30. The van der Waals surface area contributed by atoms with Crippen LogP contribution in [0, 0.1) is 25.7 Å². The highest BCUT2D eigenvalue weighted by atomic mass is 16.5. The van der Waals surface area contributed by atoms with E-state index in [2.05, 4.69) is 20.6 Å². The molecule has 3 aromatic rings. The van der Waals surface area contributed by atoms with Crippen LogP contribution in [0.25, 0.3) is 22.5 Å². The van der Waals surface area contributed by atoms with E-state index in [1.54, 1.807) is 0 Å². The molecule has 14 heteroatoms. The van der Waals surface area contributed by atoms with Crippen LogP contribution in [-0.2, 0) is 19.1 Å². The van der Waals surface area contributed by atoms with Gasteiger partial charge in [-0.05, 0) is 62.5 Å². The first-order valence-corrected chi connectivity index (χ1v) is 17.4. The van der Waals surface area contributed by atoms with Crippen LogP contribution < -0.4 is 10.6 Å². The maximum Gasteiger partial charge on any atom is 0.407 e. The zero-order chi connectivity index (χ0) is 36.3. The number of benzene rings is 1. The minimum Gasteiger partial charge on any atom is -0.453 e. The van der Waals surface area contributed by atoms with Gasteiger partial charge in [0, 0.05) is 13.1 Å². The van der Waals surface area contributed by atoms with Gasteiger partial charge in [-0.3, -0.25) is 9.59 Å². The van der Waals surface area contributed by atoms with Crippen molar-refractivity contribution in [1.82, 2.24) is 40.4 Å². The summed E-state index contributed by atoms with van der Waals surface area (Å²) in [5.41, 5.74) is 5.31. The van der Waals surface area contributed by atoms with Crippen molar-refractivity contribution < 1.29 is 28.7 Å². The van der Waals surface area contributed by atoms with E-state index in [1.807, 2.05) is 75.6 Å². The maximum absolute atomic E-state index is 13.6. The number of H-pyrrole nitrogens is 2. The lowest BCUT2D eigenvalue weighted by atomic mass is 10.0. The molecule has 0 radical (unpaired) electrons. The number of likely N-dealkylation sites (tertiary alicyclic amines) is 2. The van der Waals surface area contributed by atoms with Gasteiger partial charge in [0.2, 0.25) is 11.8 Å². The molecule has 0 saturated carbocycles. The van der Waals surface area contributed by atoms with Crippen molar-refractivity contribution in [2.45, 2.75) is 91.4 Å². The van der Waals surface area contributed by atoms with E-state index < -0.39 is 24.3 Å². The van der Waals surface area contributed by atoms with Crippen LogP contribution in [-0.4, -0.2) is 93.1 Å². The number of amides is 4. The monoisotopic (exact) mass is 690 g/mol. The lowest BCUT2D eigenvalue weighted by molar-refractivity contribution is -0.136. The summed E-state index contributed by atoms with van der Waals surface area (Å²) in [5, 5.41) is 5.39. The third-order valence-corrected chi connectivity index (χ3v) is 9.75. The van der Waals surface area contributed by atoms with Crippen LogP contribution in [0.5, 0.6) is 0 Å². The van der Waals surface area contributed by atoms with Crippen LogP contribution in [0.15, 0.2) is 24.3 Å². The SMILES string of the molecule is COC(=O)N[C@H](C(=O)N1CCC[C@H]1c1nc(C)c(-c2ccc(-c3[nH]c([C@@H]4CCCN4C(=O)[C@@H](NC(=O)OC)C(C)C)nc3C)cc2)[nH]1)C(C)C. The molecule has 0 unspecified atom stereocenters. The molecule has 4 atom stereocenters. The van der Waals surface area contributed by atoms with E-state index in [0.29, 0.717) is 13.1 Å². The molecule has 50 heavy (non-hydrogen) atoms. The number of alkyl carbamates (subject to hydrolysis) is 2. The molecular formula is C36H50N8O6. The lowest BCUT2D eigenvalue weighted by Crippen LogP contribution is -2.51. The number of imidazole rings is 2. The van der Waals surface area contributed by atoms with E-state index in [0.717, 1.165) is 71.2 Å². The smallest absolute Gasteiger partial charge is 0.407 e. The summed E-state index contributed by atoms with van der Waals surface area (Å²) in [4.78, 5) is 71.4. The molecule has 2 aliphatic rings. The Balaban J connectivity index is 1.33. The number of methoxy groups -OCH3 is 2. The van der Waals surface area contributed by atoms with Gasteiger partial charge in [-0.15, -0.1) is 0 Å². The number of hydrogen-bond acceptors (Lipinski definition) is 8. The number of carbonyl (C=O) groups excluding carboxylic acids is 4. The van der Waals surface area contributed by atoms with Crippen LogP contribution in [0.1, 0.15) is 88.5 Å². The summed E-state index contributed by atoms with van der Waals surface area (Å²) in [6.07, 6.45) is 1.95. The van der Waals surface area contributed by atoms with Crippen LogP contribution in [0.3, 0.4) is 0 Å².